The highest BCUT2D eigenvalue weighted by Gasteiger charge is 2.34. The van der Waals surface area contributed by atoms with Crippen molar-refractivity contribution < 1.29 is 9.59 Å². The lowest BCUT2D eigenvalue weighted by Crippen LogP contribution is -2.04. The lowest BCUT2D eigenvalue weighted by molar-refractivity contribution is 0.104. The van der Waals surface area contributed by atoms with Crippen molar-refractivity contribution >= 4 is 22.7 Å². The number of benzene rings is 3. The van der Waals surface area contributed by atoms with E-state index in [1.54, 1.807) is 18.2 Å². The van der Waals surface area contributed by atoms with Crippen molar-refractivity contribution in [3.05, 3.63) is 107 Å². The number of carbonyl (C=O) groups excluding carboxylic acids is 2. The fourth-order valence-corrected chi connectivity index (χ4v) is 3.13. The minimum absolute atomic E-state index is 0.0870. The van der Waals surface area contributed by atoms with Crippen LogP contribution in [0.5, 0.6) is 0 Å². The van der Waals surface area contributed by atoms with Crippen LogP contribution in [0, 0.1) is 0 Å². The van der Waals surface area contributed by atoms with Gasteiger partial charge in [-0.3, -0.25) is 9.59 Å². The van der Waals surface area contributed by atoms with Crippen molar-refractivity contribution in [1.82, 2.24) is 0 Å². The van der Waals surface area contributed by atoms with Crippen molar-refractivity contribution in [2.75, 3.05) is 0 Å². The molecule has 0 bridgehead atoms. The SMILES string of the molecule is O=C(C1=C(c2ccccc2)C(=O)c2ccccc21)c1ccccc1. The predicted molar refractivity (Wildman–Crippen MR) is 94.8 cm³/mol. The van der Waals surface area contributed by atoms with E-state index < -0.39 is 0 Å². The number of hydrogen-bond donors (Lipinski definition) is 0. The van der Waals surface area contributed by atoms with E-state index in [0.29, 0.717) is 22.3 Å². The normalized spacial score (nSPS) is 13.1. The highest BCUT2D eigenvalue weighted by atomic mass is 16.1. The van der Waals surface area contributed by atoms with Crippen molar-refractivity contribution in [1.29, 1.82) is 0 Å². The monoisotopic (exact) mass is 310 g/mol. The molecular formula is C22H14O2. The van der Waals surface area contributed by atoms with Crippen LogP contribution < -0.4 is 0 Å². The zero-order valence-electron chi connectivity index (χ0n) is 12.9. The van der Waals surface area contributed by atoms with Gasteiger partial charge in [-0.1, -0.05) is 84.9 Å². The van der Waals surface area contributed by atoms with Crippen LogP contribution in [0.15, 0.2) is 84.9 Å². The molecule has 0 unspecified atom stereocenters. The van der Waals surface area contributed by atoms with E-state index in [1.807, 2.05) is 66.7 Å². The van der Waals surface area contributed by atoms with Crippen LogP contribution in [-0.2, 0) is 0 Å². The molecule has 3 aromatic rings. The molecule has 4 rings (SSSR count). The molecule has 0 radical (unpaired) electrons. The summed E-state index contributed by atoms with van der Waals surface area (Å²) in [6.07, 6.45) is 0. The van der Waals surface area contributed by atoms with Crippen molar-refractivity contribution in [3.8, 4) is 0 Å². The average Bonchev–Trinajstić information content (AvgIpc) is 2.95. The molecule has 1 aliphatic rings. The Hall–Kier alpha value is -3.26. The van der Waals surface area contributed by atoms with E-state index in [4.69, 9.17) is 0 Å². The summed E-state index contributed by atoms with van der Waals surface area (Å²) in [4.78, 5) is 26.1. The fraction of sp³-hybridized carbons (Fsp3) is 0. The molecule has 0 spiro atoms. The van der Waals surface area contributed by atoms with Gasteiger partial charge in [0.05, 0.1) is 0 Å². The number of carbonyl (C=O) groups is 2. The van der Waals surface area contributed by atoms with Gasteiger partial charge in [-0.15, -0.1) is 0 Å². The van der Waals surface area contributed by atoms with Gasteiger partial charge in [-0.25, -0.2) is 0 Å². The molecule has 0 heterocycles. The lowest BCUT2D eigenvalue weighted by Gasteiger charge is -2.07. The summed E-state index contributed by atoms with van der Waals surface area (Å²) >= 11 is 0. The number of Topliss-reactive ketones (excluding diaryl/α,β-unsaturated/α-hetero) is 2. The van der Waals surface area contributed by atoms with Crippen molar-refractivity contribution in [2.45, 2.75) is 0 Å². The molecule has 114 valence electrons. The molecule has 0 aromatic heterocycles. The Bertz CT molecular complexity index is 967. The summed E-state index contributed by atoms with van der Waals surface area (Å²) in [7, 11) is 0. The maximum absolute atomic E-state index is 13.1. The predicted octanol–water partition coefficient (Wildman–Crippen LogP) is 4.68. The fourth-order valence-electron chi connectivity index (χ4n) is 3.13. The first kappa shape index (κ1) is 14.3. The summed E-state index contributed by atoms with van der Waals surface area (Å²) in [5, 5.41) is 0. The summed E-state index contributed by atoms with van der Waals surface area (Å²) < 4.78 is 0. The van der Waals surface area contributed by atoms with Crippen LogP contribution in [-0.4, -0.2) is 11.6 Å². The standard InChI is InChI=1S/C22H14O2/c23-21(16-11-5-2-6-12-16)20-17-13-7-8-14-18(17)22(24)19(20)15-9-3-1-4-10-15/h1-14H. The Morgan fingerprint density at radius 1 is 0.625 bits per heavy atom. The van der Waals surface area contributed by atoms with Crippen molar-refractivity contribution in [3.63, 3.8) is 0 Å². The molecule has 0 saturated carbocycles. The van der Waals surface area contributed by atoms with Crippen LogP contribution in [0.25, 0.3) is 11.1 Å². The van der Waals surface area contributed by atoms with E-state index in [-0.39, 0.29) is 11.6 Å². The highest BCUT2D eigenvalue weighted by Crippen LogP contribution is 2.39. The summed E-state index contributed by atoms with van der Waals surface area (Å²) in [6.45, 7) is 0. The smallest absolute Gasteiger partial charge is 0.195 e. The topological polar surface area (TPSA) is 34.1 Å². The molecule has 2 nitrogen and oxygen atoms in total. The van der Waals surface area contributed by atoms with Gasteiger partial charge < -0.3 is 0 Å². The lowest BCUT2D eigenvalue weighted by atomic mass is 9.93. The summed E-state index contributed by atoms with van der Waals surface area (Å²) in [5.41, 5.74) is 3.66. The molecule has 0 N–H and O–H groups in total. The molecule has 0 fully saturated rings. The second kappa shape index (κ2) is 5.74. The first-order valence-electron chi connectivity index (χ1n) is 7.81. The van der Waals surface area contributed by atoms with Crippen molar-refractivity contribution in [2.24, 2.45) is 0 Å². The molecular weight excluding hydrogens is 296 g/mol. The Morgan fingerprint density at radius 2 is 1.17 bits per heavy atom. The quantitative estimate of drug-likeness (QED) is 0.658. The van der Waals surface area contributed by atoms with Crippen LogP contribution in [0.2, 0.25) is 0 Å². The third-order valence-corrected chi connectivity index (χ3v) is 4.24. The van der Waals surface area contributed by atoms with Gasteiger partial charge in [0, 0.05) is 22.3 Å². The Morgan fingerprint density at radius 3 is 1.83 bits per heavy atom. The second-order valence-corrected chi connectivity index (χ2v) is 5.69. The zero-order chi connectivity index (χ0) is 16.5. The number of fused-ring (bicyclic) bond motifs is 1. The minimum atomic E-state index is -0.118. The number of allylic oxidation sites excluding steroid dienone is 2. The number of ketones is 2. The Labute approximate surface area is 140 Å². The van der Waals surface area contributed by atoms with E-state index in [2.05, 4.69) is 0 Å². The molecule has 0 saturated heterocycles. The van der Waals surface area contributed by atoms with E-state index >= 15 is 0 Å². The average molecular weight is 310 g/mol. The summed E-state index contributed by atoms with van der Waals surface area (Å²) in [5.74, 6) is -0.205. The van der Waals surface area contributed by atoms with Crippen LogP contribution >= 0.6 is 0 Å². The second-order valence-electron chi connectivity index (χ2n) is 5.69. The van der Waals surface area contributed by atoms with Gasteiger partial charge in [0.25, 0.3) is 0 Å². The third kappa shape index (κ3) is 2.20. The molecule has 0 aliphatic heterocycles. The van der Waals surface area contributed by atoms with Gasteiger partial charge in [-0.2, -0.15) is 0 Å². The summed E-state index contributed by atoms with van der Waals surface area (Å²) in [6, 6.07) is 25.8. The van der Waals surface area contributed by atoms with Gasteiger partial charge in [0.15, 0.2) is 11.6 Å². The zero-order valence-corrected chi connectivity index (χ0v) is 12.9. The van der Waals surface area contributed by atoms with Crippen LogP contribution in [0.4, 0.5) is 0 Å². The molecule has 3 aromatic carbocycles. The molecule has 1 aliphatic carbocycles. The minimum Gasteiger partial charge on any atom is -0.289 e. The molecule has 24 heavy (non-hydrogen) atoms. The third-order valence-electron chi connectivity index (χ3n) is 4.24. The van der Waals surface area contributed by atoms with E-state index in [9.17, 15) is 9.59 Å². The first-order chi connectivity index (χ1) is 11.8. The number of rotatable bonds is 3. The number of hydrogen-bond acceptors (Lipinski definition) is 2. The van der Waals surface area contributed by atoms with E-state index in [1.165, 1.54) is 0 Å². The van der Waals surface area contributed by atoms with Crippen LogP contribution in [0.1, 0.15) is 31.8 Å². The molecule has 0 amide bonds. The largest absolute Gasteiger partial charge is 0.289 e. The van der Waals surface area contributed by atoms with Gasteiger partial charge in [0.2, 0.25) is 0 Å². The molecule has 0 atom stereocenters. The van der Waals surface area contributed by atoms with E-state index in [0.717, 1.165) is 11.1 Å². The maximum Gasteiger partial charge on any atom is 0.195 e. The van der Waals surface area contributed by atoms with Gasteiger partial charge >= 0.3 is 0 Å². The molecule has 2 heteroatoms. The maximum atomic E-state index is 13.1. The van der Waals surface area contributed by atoms with Gasteiger partial charge in [-0.05, 0) is 11.1 Å². The highest BCUT2D eigenvalue weighted by molar-refractivity contribution is 6.51. The Balaban J connectivity index is 1.98. The first-order valence-corrected chi connectivity index (χ1v) is 7.81. The van der Waals surface area contributed by atoms with Gasteiger partial charge in [0.1, 0.15) is 0 Å². The Kier molecular flexibility index (Phi) is 3.43. The van der Waals surface area contributed by atoms with Crippen LogP contribution in [0.3, 0.4) is 0 Å².